The van der Waals surface area contributed by atoms with Crippen molar-refractivity contribution in [1.29, 1.82) is 0 Å². The zero-order chi connectivity index (χ0) is 15.6. The van der Waals surface area contributed by atoms with Gasteiger partial charge < -0.3 is 9.42 Å². The second kappa shape index (κ2) is 6.39. The molecule has 1 amide bonds. The molecule has 118 valence electrons. The van der Waals surface area contributed by atoms with E-state index < -0.39 is 9.84 Å². The molecule has 1 atom stereocenters. The lowest BCUT2D eigenvalue weighted by atomic mass is 10.2. The van der Waals surface area contributed by atoms with Gasteiger partial charge in [-0.1, -0.05) is 5.16 Å². The summed E-state index contributed by atoms with van der Waals surface area (Å²) in [6, 6.07) is -0.179. The van der Waals surface area contributed by atoms with Gasteiger partial charge in [-0.15, -0.1) is 11.8 Å². The number of amides is 1. The highest BCUT2D eigenvalue weighted by Crippen LogP contribution is 2.21. The van der Waals surface area contributed by atoms with Gasteiger partial charge in [0.2, 0.25) is 5.91 Å². The molecule has 0 N–H and O–H groups in total. The lowest BCUT2D eigenvalue weighted by molar-refractivity contribution is -0.128. The number of hydrogen-bond donors (Lipinski definition) is 0. The van der Waals surface area contributed by atoms with Crippen LogP contribution < -0.4 is 0 Å². The average molecular weight is 332 g/mol. The van der Waals surface area contributed by atoms with Crippen molar-refractivity contribution in [1.82, 2.24) is 10.1 Å². The molecule has 0 aromatic carbocycles. The van der Waals surface area contributed by atoms with E-state index in [0.717, 1.165) is 17.0 Å². The van der Waals surface area contributed by atoms with Crippen LogP contribution in [-0.2, 0) is 20.4 Å². The molecule has 0 aliphatic carbocycles. The first kappa shape index (κ1) is 16.4. The predicted molar refractivity (Wildman–Crippen MR) is 82.0 cm³/mol. The van der Waals surface area contributed by atoms with E-state index in [0.29, 0.717) is 17.9 Å². The van der Waals surface area contributed by atoms with Crippen LogP contribution in [0.25, 0.3) is 0 Å². The standard InChI is InChI=1S/C13H20N2O4S2/c1-9-12(10(2)19-14-9)6-20-7-13(16)15(3)11-4-5-21(17,18)8-11/h11H,4-8H2,1-3H3/t11-/m0/s1. The Morgan fingerprint density at radius 1 is 1.48 bits per heavy atom. The maximum Gasteiger partial charge on any atom is 0.232 e. The van der Waals surface area contributed by atoms with Gasteiger partial charge in [0.05, 0.1) is 23.0 Å². The highest BCUT2D eigenvalue weighted by molar-refractivity contribution is 7.99. The van der Waals surface area contributed by atoms with Crippen molar-refractivity contribution in [2.24, 2.45) is 0 Å². The quantitative estimate of drug-likeness (QED) is 0.805. The van der Waals surface area contributed by atoms with E-state index in [2.05, 4.69) is 5.16 Å². The minimum atomic E-state index is -2.96. The number of aromatic nitrogens is 1. The first-order chi connectivity index (χ1) is 9.80. The molecule has 2 rings (SSSR count). The van der Waals surface area contributed by atoms with Crippen LogP contribution in [0.3, 0.4) is 0 Å². The number of nitrogens with zero attached hydrogens (tertiary/aromatic N) is 2. The fourth-order valence-electron chi connectivity index (χ4n) is 2.33. The van der Waals surface area contributed by atoms with Crippen molar-refractivity contribution in [3.63, 3.8) is 0 Å². The van der Waals surface area contributed by atoms with Crippen molar-refractivity contribution in [2.45, 2.75) is 32.1 Å². The number of carbonyl (C=O) groups excluding carboxylic acids is 1. The van der Waals surface area contributed by atoms with Crippen molar-refractivity contribution in [3.8, 4) is 0 Å². The van der Waals surface area contributed by atoms with Gasteiger partial charge in [0.25, 0.3) is 0 Å². The van der Waals surface area contributed by atoms with Crippen LogP contribution in [0.4, 0.5) is 0 Å². The Balaban J connectivity index is 1.82. The molecule has 6 nitrogen and oxygen atoms in total. The van der Waals surface area contributed by atoms with Crippen LogP contribution in [0.2, 0.25) is 0 Å². The summed E-state index contributed by atoms with van der Waals surface area (Å²) >= 11 is 1.49. The van der Waals surface area contributed by atoms with E-state index in [1.807, 2.05) is 13.8 Å². The van der Waals surface area contributed by atoms with Gasteiger partial charge in [-0.3, -0.25) is 4.79 Å². The number of sulfone groups is 1. The topological polar surface area (TPSA) is 80.5 Å². The minimum Gasteiger partial charge on any atom is -0.361 e. The van der Waals surface area contributed by atoms with E-state index in [4.69, 9.17) is 4.52 Å². The number of rotatable bonds is 5. The lowest BCUT2D eigenvalue weighted by Gasteiger charge is -2.23. The van der Waals surface area contributed by atoms with Crippen molar-refractivity contribution < 1.29 is 17.7 Å². The molecule has 0 bridgehead atoms. The zero-order valence-corrected chi connectivity index (χ0v) is 14.1. The molecule has 1 fully saturated rings. The second-order valence-corrected chi connectivity index (χ2v) is 8.57. The monoisotopic (exact) mass is 332 g/mol. The molecule has 1 aliphatic heterocycles. The lowest BCUT2D eigenvalue weighted by Crippen LogP contribution is -2.38. The molecule has 8 heteroatoms. The van der Waals surface area contributed by atoms with Gasteiger partial charge in [-0.2, -0.15) is 0 Å². The zero-order valence-electron chi connectivity index (χ0n) is 12.5. The van der Waals surface area contributed by atoms with Gasteiger partial charge in [0.15, 0.2) is 9.84 Å². The highest BCUT2D eigenvalue weighted by Gasteiger charge is 2.32. The van der Waals surface area contributed by atoms with Gasteiger partial charge in [-0.25, -0.2) is 8.42 Å². The Hall–Kier alpha value is -1.02. The molecule has 21 heavy (non-hydrogen) atoms. The maximum atomic E-state index is 12.1. The molecular weight excluding hydrogens is 312 g/mol. The summed E-state index contributed by atoms with van der Waals surface area (Å²) in [5.41, 5.74) is 1.88. The number of aryl methyl sites for hydroxylation is 2. The summed E-state index contributed by atoms with van der Waals surface area (Å²) in [7, 11) is -1.28. The molecule has 0 saturated carbocycles. The average Bonchev–Trinajstić information content (AvgIpc) is 2.93. The van der Waals surface area contributed by atoms with Crippen molar-refractivity contribution in [3.05, 3.63) is 17.0 Å². The summed E-state index contributed by atoms with van der Waals surface area (Å²) in [6.07, 6.45) is 0.541. The molecular formula is C13H20N2O4S2. The van der Waals surface area contributed by atoms with E-state index in [1.54, 1.807) is 11.9 Å². The Labute approximate surface area is 129 Å². The van der Waals surface area contributed by atoms with E-state index in [-0.39, 0.29) is 23.5 Å². The second-order valence-electron chi connectivity index (χ2n) is 5.36. The van der Waals surface area contributed by atoms with E-state index >= 15 is 0 Å². The highest BCUT2D eigenvalue weighted by atomic mass is 32.2. The van der Waals surface area contributed by atoms with Gasteiger partial charge >= 0.3 is 0 Å². The van der Waals surface area contributed by atoms with Gasteiger partial charge in [0, 0.05) is 24.4 Å². The third-order valence-electron chi connectivity index (χ3n) is 3.80. The molecule has 2 heterocycles. The van der Waals surface area contributed by atoms with Crippen molar-refractivity contribution in [2.75, 3.05) is 24.3 Å². The molecule has 0 unspecified atom stereocenters. The van der Waals surface area contributed by atoms with E-state index in [9.17, 15) is 13.2 Å². The van der Waals surface area contributed by atoms with Crippen LogP contribution in [0.15, 0.2) is 4.52 Å². The summed E-state index contributed by atoms with van der Waals surface area (Å²) < 4.78 is 28.0. The first-order valence-electron chi connectivity index (χ1n) is 6.76. The smallest absolute Gasteiger partial charge is 0.232 e. The SMILES string of the molecule is Cc1noc(C)c1CSCC(=O)N(C)[C@H]1CCS(=O)(=O)C1. The fraction of sp³-hybridized carbons (Fsp3) is 0.692. The summed E-state index contributed by atoms with van der Waals surface area (Å²) in [6.45, 7) is 3.73. The van der Waals surface area contributed by atoms with Gasteiger partial charge in [0.1, 0.15) is 5.76 Å². The Morgan fingerprint density at radius 3 is 2.71 bits per heavy atom. The third-order valence-corrected chi connectivity index (χ3v) is 6.50. The molecule has 0 spiro atoms. The summed E-state index contributed by atoms with van der Waals surface area (Å²) in [5, 5.41) is 3.88. The Bertz CT molecular complexity index is 605. The number of carbonyl (C=O) groups is 1. The Kier molecular flexibility index (Phi) is 4.98. The van der Waals surface area contributed by atoms with Crippen LogP contribution >= 0.6 is 11.8 Å². The van der Waals surface area contributed by atoms with Gasteiger partial charge in [-0.05, 0) is 20.3 Å². The summed E-state index contributed by atoms with van der Waals surface area (Å²) in [5.74, 6) is 2.02. The van der Waals surface area contributed by atoms with Crippen molar-refractivity contribution >= 4 is 27.5 Å². The molecule has 1 saturated heterocycles. The first-order valence-corrected chi connectivity index (χ1v) is 9.73. The largest absolute Gasteiger partial charge is 0.361 e. The minimum absolute atomic E-state index is 0.0335. The number of hydrogen-bond acceptors (Lipinski definition) is 6. The molecule has 1 aromatic rings. The fourth-order valence-corrected chi connectivity index (χ4v) is 5.21. The maximum absolute atomic E-state index is 12.1. The molecule has 1 aromatic heterocycles. The van der Waals surface area contributed by atoms with Crippen LogP contribution in [-0.4, -0.2) is 54.7 Å². The van der Waals surface area contributed by atoms with Crippen LogP contribution in [0, 0.1) is 13.8 Å². The molecule has 0 radical (unpaired) electrons. The molecule has 1 aliphatic rings. The normalized spacial score (nSPS) is 20.6. The van der Waals surface area contributed by atoms with Crippen LogP contribution in [0.5, 0.6) is 0 Å². The Morgan fingerprint density at radius 2 is 2.19 bits per heavy atom. The van der Waals surface area contributed by atoms with Crippen LogP contribution in [0.1, 0.15) is 23.4 Å². The van der Waals surface area contributed by atoms with E-state index in [1.165, 1.54) is 11.8 Å². The predicted octanol–water partition coefficient (Wildman–Crippen LogP) is 1.17. The summed E-state index contributed by atoms with van der Waals surface area (Å²) in [4.78, 5) is 13.7. The third kappa shape index (κ3) is 4.00. The number of thioether (sulfide) groups is 1.